The molecule has 0 saturated carbocycles. The van der Waals surface area contributed by atoms with Crippen LogP contribution in [0.4, 0.5) is 0 Å². The van der Waals surface area contributed by atoms with Gasteiger partial charge >= 0.3 is 0 Å². The van der Waals surface area contributed by atoms with E-state index in [1.165, 1.54) is 37.7 Å². The summed E-state index contributed by atoms with van der Waals surface area (Å²) in [5.41, 5.74) is 1.30. The molecule has 1 rings (SSSR count). The maximum atomic E-state index is 9.55. The van der Waals surface area contributed by atoms with Crippen LogP contribution in [0.15, 0.2) is 24.3 Å². The highest BCUT2D eigenvalue weighted by atomic mass is 16.3. The largest absolute Gasteiger partial charge is 0.508 e. The standard InChI is InChI=1S/C16H26O/c1-4-7-14(11-10-13(3)5-2)15-8-6-9-16(17)12-15/h6,8-9,12-14,17H,4-5,7,10-11H2,1-3H3. The van der Waals surface area contributed by atoms with Crippen LogP contribution in [0.1, 0.15) is 64.4 Å². The van der Waals surface area contributed by atoms with Crippen LogP contribution in [0.5, 0.6) is 5.75 Å². The number of aromatic hydroxyl groups is 1. The molecule has 0 heterocycles. The molecule has 2 unspecified atom stereocenters. The van der Waals surface area contributed by atoms with Crippen molar-refractivity contribution in [2.75, 3.05) is 0 Å². The SMILES string of the molecule is CCCC(CCC(C)CC)c1cccc(O)c1. The Morgan fingerprint density at radius 1 is 1.12 bits per heavy atom. The van der Waals surface area contributed by atoms with Crippen molar-refractivity contribution in [3.05, 3.63) is 29.8 Å². The quantitative estimate of drug-likeness (QED) is 0.695. The molecule has 1 aromatic rings. The zero-order chi connectivity index (χ0) is 12.7. The molecule has 0 amide bonds. The van der Waals surface area contributed by atoms with Gasteiger partial charge in [-0.3, -0.25) is 0 Å². The second-order valence-corrected chi connectivity index (χ2v) is 5.17. The van der Waals surface area contributed by atoms with Gasteiger partial charge in [-0.2, -0.15) is 0 Å². The first kappa shape index (κ1) is 14.1. The summed E-state index contributed by atoms with van der Waals surface area (Å²) in [7, 11) is 0. The zero-order valence-electron chi connectivity index (χ0n) is 11.4. The van der Waals surface area contributed by atoms with Crippen LogP contribution in [0.2, 0.25) is 0 Å². The van der Waals surface area contributed by atoms with E-state index in [2.05, 4.69) is 26.8 Å². The van der Waals surface area contributed by atoms with Crippen LogP contribution < -0.4 is 0 Å². The molecule has 0 radical (unpaired) electrons. The maximum Gasteiger partial charge on any atom is 0.115 e. The fourth-order valence-electron chi connectivity index (χ4n) is 2.29. The minimum absolute atomic E-state index is 0.396. The van der Waals surface area contributed by atoms with Gasteiger partial charge in [0.1, 0.15) is 5.75 Å². The van der Waals surface area contributed by atoms with Crippen molar-refractivity contribution < 1.29 is 5.11 Å². The van der Waals surface area contributed by atoms with Gasteiger partial charge in [-0.1, -0.05) is 52.2 Å². The highest BCUT2D eigenvalue weighted by molar-refractivity contribution is 5.29. The molecule has 0 spiro atoms. The van der Waals surface area contributed by atoms with Gasteiger partial charge in [0, 0.05) is 0 Å². The molecule has 0 aliphatic carbocycles. The topological polar surface area (TPSA) is 20.2 Å². The van der Waals surface area contributed by atoms with Crippen LogP contribution in [-0.4, -0.2) is 5.11 Å². The molecule has 0 fully saturated rings. The molecule has 96 valence electrons. The summed E-state index contributed by atoms with van der Waals surface area (Å²) in [6, 6.07) is 7.78. The highest BCUT2D eigenvalue weighted by Gasteiger charge is 2.12. The Bertz CT molecular complexity index is 319. The maximum absolute atomic E-state index is 9.55. The first-order chi connectivity index (χ1) is 8.17. The molecule has 0 bridgehead atoms. The third kappa shape index (κ3) is 4.80. The number of hydrogen-bond acceptors (Lipinski definition) is 1. The molecular formula is C16H26O. The van der Waals surface area contributed by atoms with Crippen LogP contribution in [0.25, 0.3) is 0 Å². The summed E-state index contributed by atoms with van der Waals surface area (Å²) >= 11 is 0. The fraction of sp³-hybridized carbons (Fsp3) is 0.625. The van der Waals surface area contributed by atoms with Crippen molar-refractivity contribution in [2.45, 2.75) is 58.8 Å². The van der Waals surface area contributed by atoms with Crippen LogP contribution >= 0.6 is 0 Å². The molecule has 0 aromatic heterocycles. The fourth-order valence-corrected chi connectivity index (χ4v) is 2.29. The summed E-state index contributed by atoms with van der Waals surface area (Å²) < 4.78 is 0. The van der Waals surface area contributed by atoms with Crippen LogP contribution in [0.3, 0.4) is 0 Å². The minimum atomic E-state index is 0.396. The summed E-state index contributed by atoms with van der Waals surface area (Å²) in [6.45, 7) is 6.82. The van der Waals surface area contributed by atoms with Gasteiger partial charge in [-0.05, 0) is 42.4 Å². The van der Waals surface area contributed by atoms with Gasteiger partial charge in [-0.25, -0.2) is 0 Å². The van der Waals surface area contributed by atoms with Crippen molar-refractivity contribution in [1.82, 2.24) is 0 Å². The van der Waals surface area contributed by atoms with E-state index in [1.807, 2.05) is 12.1 Å². The number of phenols is 1. The lowest BCUT2D eigenvalue weighted by atomic mass is 9.87. The summed E-state index contributed by atoms with van der Waals surface area (Å²) in [6.07, 6.45) is 6.22. The number of rotatable bonds is 7. The smallest absolute Gasteiger partial charge is 0.115 e. The Hall–Kier alpha value is -0.980. The molecule has 0 aliphatic heterocycles. The molecule has 0 saturated heterocycles. The third-order valence-electron chi connectivity index (χ3n) is 3.68. The van der Waals surface area contributed by atoms with E-state index in [1.54, 1.807) is 6.07 Å². The van der Waals surface area contributed by atoms with Crippen LogP contribution in [-0.2, 0) is 0 Å². The van der Waals surface area contributed by atoms with E-state index >= 15 is 0 Å². The van der Waals surface area contributed by atoms with Crippen molar-refractivity contribution >= 4 is 0 Å². The van der Waals surface area contributed by atoms with E-state index in [-0.39, 0.29) is 0 Å². The second-order valence-electron chi connectivity index (χ2n) is 5.17. The van der Waals surface area contributed by atoms with Gasteiger partial charge in [0.05, 0.1) is 0 Å². The molecule has 17 heavy (non-hydrogen) atoms. The summed E-state index contributed by atoms with van der Waals surface area (Å²) in [5, 5.41) is 9.55. The van der Waals surface area contributed by atoms with Gasteiger partial charge in [-0.15, -0.1) is 0 Å². The number of benzene rings is 1. The molecular weight excluding hydrogens is 208 g/mol. The van der Waals surface area contributed by atoms with Gasteiger partial charge in [0.2, 0.25) is 0 Å². The first-order valence-corrected chi connectivity index (χ1v) is 6.96. The average Bonchev–Trinajstić information content (AvgIpc) is 2.34. The molecule has 1 aromatic carbocycles. The lowest BCUT2D eigenvalue weighted by Gasteiger charge is -2.19. The zero-order valence-corrected chi connectivity index (χ0v) is 11.4. The van der Waals surface area contributed by atoms with Crippen LogP contribution in [0, 0.1) is 5.92 Å². The normalized spacial score (nSPS) is 14.5. The minimum Gasteiger partial charge on any atom is -0.508 e. The number of hydrogen-bond donors (Lipinski definition) is 1. The lowest BCUT2D eigenvalue weighted by Crippen LogP contribution is -2.02. The Kier molecular flexibility index (Phi) is 6.10. The molecule has 1 heteroatoms. The van der Waals surface area contributed by atoms with E-state index < -0.39 is 0 Å². The predicted octanol–water partition coefficient (Wildman–Crippen LogP) is 5.10. The second kappa shape index (κ2) is 7.37. The lowest BCUT2D eigenvalue weighted by molar-refractivity contribution is 0.441. The summed E-state index contributed by atoms with van der Waals surface area (Å²) in [5.74, 6) is 1.82. The van der Waals surface area contributed by atoms with Gasteiger partial charge < -0.3 is 5.11 Å². The molecule has 0 aliphatic rings. The third-order valence-corrected chi connectivity index (χ3v) is 3.68. The Morgan fingerprint density at radius 3 is 2.47 bits per heavy atom. The van der Waals surface area contributed by atoms with Gasteiger partial charge in [0.25, 0.3) is 0 Å². The Labute approximate surface area is 106 Å². The Morgan fingerprint density at radius 2 is 1.88 bits per heavy atom. The first-order valence-electron chi connectivity index (χ1n) is 6.96. The predicted molar refractivity (Wildman–Crippen MR) is 74.4 cm³/mol. The van der Waals surface area contributed by atoms with Crippen molar-refractivity contribution in [3.63, 3.8) is 0 Å². The van der Waals surface area contributed by atoms with E-state index in [0.29, 0.717) is 11.7 Å². The molecule has 1 N–H and O–H groups in total. The van der Waals surface area contributed by atoms with E-state index in [0.717, 1.165) is 5.92 Å². The van der Waals surface area contributed by atoms with Gasteiger partial charge in [0.15, 0.2) is 0 Å². The highest BCUT2D eigenvalue weighted by Crippen LogP contribution is 2.30. The van der Waals surface area contributed by atoms with Crippen molar-refractivity contribution in [3.8, 4) is 5.75 Å². The summed E-state index contributed by atoms with van der Waals surface area (Å²) in [4.78, 5) is 0. The van der Waals surface area contributed by atoms with E-state index in [9.17, 15) is 5.11 Å². The monoisotopic (exact) mass is 234 g/mol. The average molecular weight is 234 g/mol. The molecule has 1 nitrogen and oxygen atoms in total. The number of phenolic OH excluding ortho intramolecular Hbond substituents is 1. The van der Waals surface area contributed by atoms with Crippen molar-refractivity contribution in [2.24, 2.45) is 5.92 Å². The Balaban J connectivity index is 2.64. The van der Waals surface area contributed by atoms with Crippen molar-refractivity contribution in [1.29, 1.82) is 0 Å². The molecule has 2 atom stereocenters. The van der Waals surface area contributed by atoms with E-state index in [4.69, 9.17) is 0 Å².